The third-order valence-corrected chi connectivity index (χ3v) is 3.83. The van der Waals surface area contributed by atoms with Crippen LogP contribution in [0.3, 0.4) is 0 Å². The van der Waals surface area contributed by atoms with Crippen molar-refractivity contribution in [3.63, 3.8) is 0 Å². The van der Waals surface area contributed by atoms with Crippen LogP contribution in [0, 0.1) is 11.8 Å². The zero-order valence-corrected chi connectivity index (χ0v) is 13.3. The highest BCUT2D eigenvalue weighted by Gasteiger charge is 2.29. The minimum Gasteiger partial charge on any atom is -0.482 e. The first-order valence-electron chi connectivity index (χ1n) is 7.62. The Morgan fingerprint density at radius 2 is 1.87 bits per heavy atom. The molecule has 2 atom stereocenters. The lowest BCUT2D eigenvalue weighted by molar-refractivity contribution is 0.0220. The second kappa shape index (κ2) is 7.94. The fraction of sp³-hybridized carbons (Fsp3) is 0.389. The van der Waals surface area contributed by atoms with Crippen LogP contribution < -0.4 is 10.2 Å². The quantitative estimate of drug-likeness (QED) is 0.820. The van der Waals surface area contributed by atoms with Gasteiger partial charge in [0.1, 0.15) is 12.7 Å². The number of aliphatic hydroxyl groups is 2. The number of hydrogen-bond donors (Lipinski definition) is 2. The number of rotatable bonds is 7. The molecule has 0 aliphatic rings. The summed E-state index contributed by atoms with van der Waals surface area (Å²) in [5.41, 5.74) is 0.542. The first-order chi connectivity index (χ1) is 11.0. The molecule has 23 heavy (non-hydrogen) atoms. The number of benzene rings is 1. The molecule has 0 fully saturated rings. The molecule has 0 aliphatic carbocycles. The van der Waals surface area contributed by atoms with Gasteiger partial charge in [0.2, 0.25) is 11.2 Å². The van der Waals surface area contributed by atoms with Gasteiger partial charge in [-0.3, -0.25) is 4.79 Å². The second-order valence-electron chi connectivity index (χ2n) is 5.79. The van der Waals surface area contributed by atoms with E-state index in [-0.39, 0.29) is 36.1 Å². The maximum atomic E-state index is 12.1. The van der Waals surface area contributed by atoms with Crippen molar-refractivity contribution in [2.45, 2.75) is 26.6 Å². The Morgan fingerprint density at radius 3 is 2.48 bits per heavy atom. The van der Waals surface area contributed by atoms with Gasteiger partial charge in [0.15, 0.2) is 5.76 Å². The summed E-state index contributed by atoms with van der Waals surface area (Å²) in [5, 5.41) is 20.0. The van der Waals surface area contributed by atoms with Gasteiger partial charge in [0, 0.05) is 18.6 Å². The van der Waals surface area contributed by atoms with Gasteiger partial charge in [-0.05, 0) is 11.5 Å². The van der Waals surface area contributed by atoms with Crippen molar-refractivity contribution in [2.24, 2.45) is 11.8 Å². The summed E-state index contributed by atoms with van der Waals surface area (Å²) in [5.74, 6) is -0.383. The van der Waals surface area contributed by atoms with E-state index in [1.165, 1.54) is 12.3 Å². The summed E-state index contributed by atoms with van der Waals surface area (Å²) in [6.45, 7) is 3.75. The second-order valence-corrected chi connectivity index (χ2v) is 5.79. The van der Waals surface area contributed by atoms with Gasteiger partial charge < -0.3 is 19.4 Å². The van der Waals surface area contributed by atoms with E-state index in [2.05, 4.69) is 0 Å². The molecule has 0 saturated carbocycles. The molecule has 2 N–H and O–H groups in total. The molecule has 1 aromatic heterocycles. The Hall–Kier alpha value is -2.11. The highest BCUT2D eigenvalue weighted by molar-refractivity contribution is 5.27. The maximum absolute atomic E-state index is 12.1. The summed E-state index contributed by atoms with van der Waals surface area (Å²) < 4.78 is 10.9. The monoisotopic (exact) mass is 318 g/mol. The third-order valence-electron chi connectivity index (χ3n) is 3.83. The van der Waals surface area contributed by atoms with Gasteiger partial charge in [-0.2, -0.15) is 0 Å². The van der Waals surface area contributed by atoms with Crippen LogP contribution in [0.2, 0.25) is 0 Å². The van der Waals surface area contributed by atoms with Crippen LogP contribution in [0.15, 0.2) is 51.9 Å². The van der Waals surface area contributed by atoms with Crippen molar-refractivity contribution in [2.75, 3.05) is 6.61 Å². The standard InChI is InChI=1S/C18H22O5/c1-12(2)14(10-19)16(21)18-17(15(20)8-9-22-18)23-11-13-6-4-3-5-7-13/h3-9,12,14,16,19,21H,10-11H2,1-2H3. The van der Waals surface area contributed by atoms with Crippen LogP contribution in [-0.2, 0) is 6.61 Å². The molecule has 2 unspecified atom stereocenters. The van der Waals surface area contributed by atoms with Crippen molar-refractivity contribution < 1.29 is 19.4 Å². The lowest BCUT2D eigenvalue weighted by atomic mass is 9.89. The number of aliphatic hydroxyl groups excluding tert-OH is 2. The van der Waals surface area contributed by atoms with Crippen molar-refractivity contribution in [1.82, 2.24) is 0 Å². The molecule has 5 nitrogen and oxygen atoms in total. The molecular formula is C18H22O5. The molecule has 0 aliphatic heterocycles. The summed E-state index contributed by atoms with van der Waals surface area (Å²) in [6, 6.07) is 10.7. The van der Waals surface area contributed by atoms with E-state index in [0.29, 0.717) is 0 Å². The lowest BCUT2D eigenvalue weighted by Gasteiger charge is -2.24. The number of hydrogen-bond acceptors (Lipinski definition) is 5. The van der Waals surface area contributed by atoms with E-state index in [0.717, 1.165) is 5.56 Å². The summed E-state index contributed by atoms with van der Waals surface area (Å²) >= 11 is 0. The minimum atomic E-state index is -1.11. The Kier molecular flexibility index (Phi) is 5.96. The van der Waals surface area contributed by atoms with Gasteiger partial charge in [-0.25, -0.2) is 0 Å². The highest BCUT2D eigenvalue weighted by Crippen LogP contribution is 2.32. The maximum Gasteiger partial charge on any atom is 0.227 e. The SMILES string of the molecule is CC(C)C(CO)C(O)c1occc(=O)c1OCc1ccccc1. The van der Waals surface area contributed by atoms with Crippen LogP contribution in [0.1, 0.15) is 31.3 Å². The molecular weight excluding hydrogens is 296 g/mol. The molecule has 1 aromatic carbocycles. The Labute approximate surface area is 135 Å². The van der Waals surface area contributed by atoms with Gasteiger partial charge in [-0.1, -0.05) is 44.2 Å². The average molecular weight is 318 g/mol. The molecule has 0 amide bonds. The van der Waals surface area contributed by atoms with E-state index in [1.807, 2.05) is 44.2 Å². The van der Waals surface area contributed by atoms with E-state index in [1.54, 1.807) is 0 Å². The van der Waals surface area contributed by atoms with Gasteiger partial charge in [0.05, 0.1) is 6.26 Å². The van der Waals surface area contributed by atoms with Crippen LogP contribution in [-0.4, -0.2) is 16.8 Å². The molecule has 5 heteroatoms. The van der Waals surface area contributed by atoms with Crippen LogP contribution in [0.4, 0.5) is 0 Å². The average Bonchev–Trinajstić information content (AvgIpc) is 2.54. The Morgan fingerprint density at radius 1 is 1.17 bits per heavy atom. The third kappa shape index (κ3) is 4.21. The van der Waals surface area contributed by atoms with Crippen LogP contribution in [0.25, 0.3) is 0 Å². The van der Waals surface area contributed by atoms with E-state index < -0.39 is 12.0 Å². The molecule has 0 bridgehead atoms. The largest absolute Gasteiger partial charge is 0.482 e. The molecule has 2 aromatic rings. The normalized spacial score (nSPS) is 13.8. The zero-order chi connectivity index (χ0) is 16.8. The van der Waals surface area contributed by atoms with E-state index in [4.69, 9.17) is 9.15 Å². The van der Waals surface area contributed by atoms with Gasteiger partial charge in [-0.15, -0.1) is 0 Å². The highest BCUT2D eigenvalue weighted by atomic mass is 16.5. The topological polar surface area (TPSA) is 79.9 Å². The minimum absolute atomic E-state index is 0.0112. The molecule has 2 rings (SSSR count). The summed E-state index contributed by atoms with van der Waals surface area (Å²) in [6.07, 6.45) is 0.116. The van der Waals surface area contributed by atoms with Gasteiger partial charge in [0.25, 0.3) is 0 Å². The van der Waals surface area contributed by atoms with Crippen molar-refractivity contribution in [1.29, 1.82) is 0 Å². The predicted molar refractivity (Wildman–Crippen MR) is 86.1 cm³/mol. The predicted octanol–water partition coefficient (Wildman–Crippen LogP) is 2.52. The number of ether oxygens (including phenoxy) is 1. The molecule has 1 heterocycles. The fourth-order valence-corrected chi connectivity index (χ4v) is 2.37. The molecule has 0 radical (unpaired) electrons. The summed E-state index contributed by atoms with van der Waals surface area (Å²) in [7, 11) is 0. The fourth-order valence-electron chi connectivity index (χ4n) is 2.37. The zero-order valence-electron chi connectivity index (χ0n) is 13.3. The Balaban J connectivity index is 2.27. The first kappa shape index (κ1) is 17.2. The lowest BCUT2D eigenvalue weighted by Crippen LogP contribution is -2.24. The van der Waals surface area contributed by atoms with Gasteiger partial charge >= 0.3 is 0 Å². The molecule has 0 saturated heterocycles. The van der Waals surface area contributed by atoms with Crippen molar-refractivity contribution in [3.8, 4) is 5.75 Å². The van der Waals surface area contributed by atoms with E-state index in [9.17, 15) is 15.0 Å². The van der Waals surface area contributed by atoms with Crippen LogP contribution in [0.5, 0.6) is 5.75 Å². The van der Waals surface area contributed by atoms with E-state index >= 15 is 0 Å². The first-order valence-corrected chi connectivity index (χ1v) is 7.62. The summed E-state index contributed by atoms with van der Waals surface area (Å²) in [4.78, 5) is 12.1. The van der Waals surface area contributed by atoms with Crippen molar-refractivity contribution >= 4 is 0 Å². The Bertz CT molecular complexity index is 663. The molecule has 0 spiro atoms. The van der Waals surface area contributed by atoms with Crippen molar-refractivity contribution in [3.05, 3.63) is 64.2 Å². The van der Waals surface area contributed by atoms with Crippen LogP contribution >= 0.6 is 0 Å². The molecule has 124 valence electrons. The smallest absolute Gasteiger partial charge is 0.227 e.